The van der Waals surface area contributed by atoms with Crippen molar-refractivity contribution in [3.63, 3.8) is 0 Å². The Morgan fingerprint density at radius 2 is 2.20 bits per heavy atom. The summed E-state index contributed by atoms with van der Waals surface area (Å²) in [7, 11) is 0. The van der Waals surface area contributed by atoms with Crippen LogP contribution in [0.3, 0.4) is 0 Å². The third-order valence-electron chi connectivity index (χ3n) is 2.40. The van der Waals surface area contributed by atoms with Gasteiger partial charge in [-0.3, -0.25) is 4.79 Å². The number of hydrogen-bond donors (Lipinski definition) is 2. The molecule has 0 aliphatic carbocycles. The summed E-state index contributed by atoms with van der Waals surface area (Å²) in [6.45, 7) is 5.62. The largest absolute Gasteiger partial charge is 0.365 e. The van der Waals surface area contributed by atoms with Gasteiger partial charge in [0.1, 0.15) is 4.88 Å². The minimum atomic E-state index is -0.383. The Hall–Kier alpha value is -1.14. The molecule has 0 saturated carbocycles. The number of aromatic nitrogens is 1. The molecule has 3 N–H and O–H groups in total. The molecule has 0 unspecified atom stereocenters. The number of carbonyl (C=O) groups excluding carboxylic acids is 1. The number of rotatable bonds is 2. The standard InChI is InChI=1S/C9H14N4OS/c1-6-7(8(10)14)15-9(12-6)13-4-2-11-3-5-13/h11H,2-5H2,1H3,(H2,10,14). The fraction of sp³-hybridized carbons (Fsp3) is 0.556. The monoisotopic (exact) mass is 226 g/mol. The van der Waals surface area contributed by atoms with Crippen LogP contribution in [0.1, 0.15) is 15.4 Å². The molecule has 0 atom stereocenters. The number of amides is 1. The Bertz CT molecular complexity index is 370. The molecule has 2 heterocycles. The van der Waals surface area contributed by atoms with E-state index in [-0.39, 0.29) is 5.91 Å². The van der Waals surface area contributed by atoms with Gasteiger partial charge in [-0.25, -0.2) is 4.98 Å². The lowest BCUT2D eigenvalue weighted by molar-refractivity contribution is 0.100. The van der Waals surface area contributed by atoms with E-state index in [0.717, 1.165) is 37.0 Å². The number of primary amides is 1. The molecular weight excluding hydrogens is 212 g/mol. The lowest BCUT2D eigenvalue weighted by Gasteiger charge is -2.26. The summed E-state index contributed by atoms with van der Waals surface area (Å²) in [5.74, 6) is -0.383. The second-order valence-corrected chi connectivity index (χ2v) is 4.49. The smallest absolute Gasteiger partial charge is 0.260 e. The van der Waals surface area contributed by atoms with Crippen LogP contribution in [0.5, 0.6) is 0 Å². The van der Waals surface area contributed by atoms with Gasteiger partial charge in [0.15, 0.2) is 5.13 Å². The predicted molar refractivity (Wildman–Crippen MR) is 60.5 cm³/mol. The van der Waals surface area contributed by atoms with E-state index in [9.17, 15) is 4.79 Å². The number of hydrogen-bond acceptors (Lipinski definition) is 5. The van der Waals surface area contributed by atoms with Gasteiger partial charge in [0.25, 0.3) is 5.91 Å². The summed E-state index contributed by atoms with van der Waals surface area (Å²) >= 11 is 1.39. The van der Waals surface area contributed by atoms with Crippen LogP contribution in [0.2, 0.25) is 0 Å². The number of anilines is 1. The maximum atomic E-state index is 11.1. The first-order valence-electron chi connectivity index (χ1n) is 4.91. The van der Waals surface area contributed by atoms with Crippen molar-refractivity contribution in [3.05, 3.63) is 10.6 Å². The minimum absolute atomic E-state index is 0.383. The van der Waals surface area contributed by atoms with Crippen molar-refractivity contribution in [1.29, 1.82) is 0 Å². The molecule has 0 aromatic carbocycles. The molecule has 0 bridgehead atoms. The van der Waals surface area contributed by atoms with Gasteiger partial charge in [-0.1, -0.05) is 11.3 Å². The summed E-state index contributed by atoms with van der Waals surface area (Å²) in [5, 5.41) is 4.18. The van der Waals surface area contributed by atoms with E-state index in [0.29, 0.717) is 4.88 Å². The normalized spacial score (nSPS) is 16.7. The number of thiazole rings is 1. The zero-order chi connectivity index (χ0) is 10.8. The van der Waals surface area contributed by atoms with Crippen molar-refractivity contribution >= 4 is 22.4 Å². The van der Waals surface area contributed by atoms with Gasteiger partial charge in [0.05, 0.1) is 5.69 Å². The number of piperazine rings is 1. The Morgan fingerprint density at radius 1 is 1.53 bits per heavy atom. The molecule has 6 heteroatoms. The second kappa shape index (κ2) is 4.16. The number of nitrogens with zero attached hydrogens (tertiary/aromatic N) is 2. The lowest BCUT2D eigenvalue weighted by Crippen LogP contribution is -2.43. The molecule has 1 aromatic heterocycles. The van der Waals surface area contributed by atoms with Crippen molar-refractivity contribution in [2.75, 3.05) is 31.1 Å². The molecule has 0 spiro atoms. The number of carbonyl (C=O) groups is 1. The van der Waals surface area contributed by atoms with E-state index in [2.05, 4.69) is 15.2 Å². The van der Waals surface area contributed by atoms with Gasteiger partial charge < -0.3 is 16.0 Å². The van der Waals surface area contributed by atoms with Gasteiger partial charge >= 0.3 is 0 Å². The third kappa shape index (κ3) is 2.10. The summed E-state index contributed by atoms with van der Waals surface area (Å²) in [5.41, 5.74) is 6.00. The molecule has 15 heavy (non-hydrogen) atoms. The molecular formula is C9H14N4OS. The van der Waals surface area contributed by atoms with Crippen molar-refractivity contribution < 1.29 is 4.79 Å². The molecule has 1 saturated heterocycles. The van der Waals surface area contributed by atoms with E-state index < -0.39 is 0 Å². The summed E-state index contributed by atoms with van der Waals surface area (Å²) in [6.07, 6.45) is 0. The molecule has 1 aliphatic rings. The molecule has 2 rings (SSSR count). The fourth-order valence-electron chi connectivity index (χ4n) is 1.60. The summed E-state index contributed by atoms with van der Waals surface area (Å²) < 4.78 is 0. The number of nitrogens with two attached hydrogens (primary N) is 1. The first-order valence-corrected chi connectivity index (χ1v) is 5.73. The second-order valence-electron chi connectivity index (χ2n) is 3.51. The molecule has 1 aromatic rings. The first kappa shape index (κ1) is 10.4. The summed E-state index contributed by atoms with van der Waals surface area (Å²) in [6, 6.07) is 0. The predicted octanol–water partition coefficient (Wildman–Crippen LogP) is -0.0400. The highest BCUT2D eigenvalue weighted by atomic mass is 32.1. The van der Waals surface area contributed by atoms with Gasteiger partial charge in [0.2, 0.25) is 0 Å². The minimum Gasteiger partial charge on any atom is -0.365 e. The highest BCUT2D eigenvalue weighted by molar-refractivity contribution is 7.17. The quantitative estimate of drug-likeness (QED) is 0.742. The molecule has 0 radical (unpaired) electrons. The van der Waals surface area contributed by atoms with Crippen molar-refractivity contribution in [2.45, 2.75) is 6.92 Å². The van der Waals surface area contributed by atoms with Crippen molar-refractivity contribution in [2.24, 2.45) is 5.73 Å². The molecule has 1 amide bonds. The van der Waals surface area contributed by atoms with Gasteiger partial charge in [-0.15, -0.1) is 0 Å². The maximum Gasteiger partial charge on any atom is 0.260 e. The zero-order valence-corrected chi connectivity index (χ0v) is 9.43. The Labute approximate surface area is 92.3 Å². The topological polar surface area (TPSA) is 71.2 Å². The Kier molecular flexibility index (Phi) is 2.88. The van der Waals surface area contributed by atoms with E-state index >= 15 is 0 Å². The lowest BCUT2D eigenvalue weighted by atomic mass is 10.4. The van der Waals surface area contributed by atoms with Crippen LogP contribution in [0, 0.1) is 6.92 Å². The van der Waals surface area contributed by atoms with Crippen LogP contribution in [-0.4, -0.2) is 37.1 Å². The van der Waals surface area contributed by atoms with Crippen molar-refractivity contribution in [3.8, 4) is 0 Å². The van der Waals surface area contributed by atoms with Crippen LogP contribution in [0.15, 0.2) is 0 Å². The molecule has 5 nitrogen and oxygen atoms in total. The average molecular weight is 226 g/mol. The number of aryl methyl sites for hydroxylation is 1. The summed E-state index contributed by atoms with van der Waals surface area (Å²) in [4.78, 5) is 18.2. The van der Waals surface area contributed by atoms with Gasteiger partial charge in [0, 0.05) is 26.2 Å². The van der Waals surface area contributed by atoms with Crippen LogP contribution in [0.4, 0.5) is 5.13 Å². The zero-order valence-electron chi connectivity index (χ0n) is 8.62. The van der Waals surface area contributed by atoms with Gasteiger partial charge in [-0.05, 0) is 6.92 Å². The van der Waals surface area contributed by atoms with Crippen LogP contribution in [-0.2, 0) is 0 Å². The SMILES string of the molecule is Cc1nc(N2CCNCC2)sc1C(N)=O. The highest BCUT2D eigenvalue weighted by Crippen LogP contribution is 2.25. The van der Waals surface area contributed by atoms with E-state index in [1.807, 2.05) is 6.92 Å². The molecule has 1 aliphatic heterocycles. The molecule has 1 fully saturated rings. The fourth-order valence-corrected chi connectivity index (χ4v) is 2.57. The highest BCUT2D eigenvalue weighted by Gasteiger charge is 2.18. The maximum absolute atomic E-state index is 11.1. The van der Waals surface area contributed by atoms with Gasteiger partial charge in [-0.2, -0.15) is 0 Å². The Balaban J connectivity index is 2.21. The van der Waals surface area contributed by atoms with Crippen LogP contribution in [0.25, 0.3) is 0 Å². The van der Waals surface area contributed by atoms with Crippen LogP contribution < -0.4 is 16.0 Å². The Morgan fingerprint density at radius 3 is 2.73 bits per heavy atom. The first-order chi connectivity index (χ1) is 7.18. The number of nitrogens with one attached hydrogen (secondary N) is 1. The van der Waals surface area contributed by atoms with Crippen LogP contribution >= 0.6 is 11.3 Å². The van der Waals surface area contributed by atoms with E-state index in [4.69, 9.17) is 5.73 Å². The van der Waals surface area contributed by atoms with E-state index in [1.165, 1.54) is 11.3 Å². The van der Waals surface area contributed by atoms with E-state index in [1.54, 1.807) is 0 Å². The molecule has 82 valence electrons. The van der Waals surface area contributed by atoms with Crippen molar-refractivity contribution in [1.82, 2.24) is 10.3 Å². The average Bonchev–Trinajstić information content (AvgIpc) is 2.62. The third-order valence-corrected chi connectivity index (χ3v) is 3.63.